The Hall–Kier alpha value is -0.0800. The minimum atomic E-state index is 0.247. The predicted octanol–water partition coefficient (Wildman–Crippen LogP) is 2.71. The molecule has 0 aromatic rings. The molecule has 0 saturated heterocycles. The molecule has 0 fully saturated rings. The summed E-state index contributed by atoms with van der Waals surface area (Å²) in [6, 6.07) is 0.259. The van der Waals surface area contributed by atoms with E-state index in [1.165, 1.54) is 44.9 Å². The van der Waals surface area contributed by atoms with Crippen molar-refractivity contribution in [2.75, 3.05) is 13.2 Å². The third-order valence-electron chi connectivity index (χ3n) is 2.55. The molecule has 86 valence electrons. The molecule has 0 radical (unpaired) electrons. The lowest BCUT2D eigenvalue weighted by molar-refractivity contribution is 0.251. The van der Waals surface area contributed by atoms with Gasteiger partial charge >= 0.3 is 0 Å². The Morgan fingerprint density at radius 1 is 1.00 bits per heavy atom. The molecule has 0 heterocycles. The van der Waals surface area contributed by atoms with Gasteiger partial charge in [0.1, 0.15) is 0 Å². The highest BCUT2D eigenvalue weighted by Gasteiger charge is 1.96. The van der Waals surface area contributed by atoms with Gasteiger partial charge in [-0.05, 0) is 19.9 Å². The van der Waals surface area contributed by atoms with Crippen LogP contribution in [0.5, 0.6) is 0 Å². The van der Waals surface area contributed by atoms with Crippen LogP contribution >= 0.6 is 0 Å². The van der Waals surface area contributed by atoms with Crippen LogP contribution in [-0.4, -0.2) is 24.3 Å². The summed E-state index contributed by atoms with van der Waals surface area (Å²) in [4.78, 5) is 0. The van der Waals surface area contributed by atoms with Gasteiger partial charge in [-0.1, -0.05) is 45.4 Å². The van der Waals surface area contributed by atoms with Gasteiger partial charge in [0, 0.05) is 6.04 Å². The summed E-state index contributed by atoms with van der Waals surface area (Å²) in [5.74, 6) is 0. The average Bonchev–Trinajstić information content (AvgIpc) is 2.21. The summed E-state index contributed by atoms with van der Waals surface area (Å²) >= 11 is 0. The van der Waals surface area contributed by atoms with E-state index in [1.54, 1.807) is 0 Å². The second-order valence-corrected chi connectivity index (χ2v) is 4.16. The standard InChI is InChI=1S/C12H27NO/c1-3-4-5-6-7-8-9-10-13-12(2)11-14/h12-14H,3-11H2,1-2H3. The maximum absolute atomic E-state index is 8.77. The zero-order valence-corrected chi connectivity index (χ0v) is 9.89. The molecule has 1 unspecified atom stereocenters. The van der Waals surface area contributed by atoms with E-state index >= 15 is 0 Å². The molecule has 0 spiro atoms. The van der Waals surface area contributed by atoms with E-state index in [-0.39, 0.29) is 12.6 Å². The van der Waals surface area contributed by atoms with Gasteiger partial charge in [0.05, 0.1) is 6.61 Å². The number of unbranched alkanes of at least 4 members (excludes halogenated alkanes) is 6. The van der Waals surface area contributed by atoms with Crippen molar-refractivity contribution in [3.8, 4) is 0 Å². The van der Waals surface area contributed by atoms with Crippen LogP contribution in [-0.2, 0) is 0 Å². The van der Waals surface area contributed by atoms with Crippen LogP contribution < -0.4 is 5.32 Å². The lowest BCUT2D eigenvalue weighted by Gasteiger charge is -2.09. The first-order valence-electron chi connectivity index (χ1n) is 6.15. The maximum atomic E-state index is 8.77. The molecule has 2 heteroatoms. The van der Waals surface area contributed by atoms with Gasteiger partial charge in [-0.3, -0.25) is 0 Å². The van der Waals surface area contributed by atoms with Crippen LogP contribution in [0, 0.1) is 0 Å². The van der Waals surface area contributed by atoms with Crippen LogP contribution in [0.1, 0.15) is 58.8 Å². The molecule has 0 rings (SSSR count). The Bertz CT molecular complexity index is 106. The minimum Gasteiger partial charge on any atom is -0.395 e. The summed E-state index contributed by atoms with van der Waals surface area (Å²) < 4.78 is 0. The first-order valence-corrected chi connectivity index (χ1v) is 6.15. The third-order valence-corrected chi connectivity index (χ3v) is 2.55. The molecule has 0 aliphatic carbocycles. The molecule has 0 bridgehead atoms. The van der Waals surface area contributed by atoms with Crippen molar-refractivity contribution in [3.63, 3.8) is 0 Å². The highest BCUT2D eigenvalue weighted by molar-refractivity contribution is 4.57. The van der Waals surface area contributed by atoms with E-state index in [0.29, 0.717) is 0 Å². The Labute approximate surface area is 89.1 Å². The largest absolute Gasteiger partial charge is 0.395 e. The SMILES string of the molecule is CCCCCCCCCNC(C)CO. The summed E-state index contributed by atoms with van der Waals surface area (Å²) in [5.41, 5.74) is 0. The molecular formula is C12H27NO. The van der Waals surface area contributed by atoms with Crippen molar-refractivity contribution in [1.29, 1.82) is 0 Å². The molecule has 0 aliphatic rings. The first kappa shape index (κ1) is 13.9. The fraction of sp³-hybridized carbons (Fsp3) is 1.00. The molecule has 0 amide bonds. The van der Waals surface area contributed by atoms with Gasteiger partial charge in [-0.2, -0.15) is 0 Å². The zero-order chi connectivity index (χ0) is 10.6. The molecule has 0 aliphatic heterocycles. The van der Waals surface area contributed by atoms with Crippen molar-refractivity contribution in [2.24, 2.45) is 0 Å². The Balaban J connectivity index is 2.92. The van der Waals surface area contributed by atoms with Gasteiger partial charge in [-0.25, -0.2) is 0 Å². The fourth-order valence-corrected chi connectivity index (χ4v) is 1.50. The third kappa shape index (κ3) is 10.0. The van der Waals surface area contributed by atoms with Crippen LogP contribution in [0.4, 0.5) is 0 Å². The highest BCUT2D eigenvalue weighted by atomic mass is 16.3. The summed E-state index contributed by atoms with van der Waals surface area (Å²) in [6.45, 7) is 5.56. The molecule has 2 N–H and O–H groups in total. The second-order valence-electron chi connectivity index (χ2n) is 4.16. The van der Waals surface area contributed by atoms with Crippen molar-refractivity contribution < 1.29 is 5.11 Å². The van der Waals surface area contributed by atoms with E-state index < -0.39 is 0 Å². The van der Waals surface area contributed by atoms with Crippen molar-refractivity contribution in [1.82, 2.24) is 5.32 Å². The minimum absolute atomic E-state index is 0.247. The van der Waals surface area contributed by atoms with Crippen molar-refractivity contribution in [2.45, 2.75) is 64.8 Å². The lowest BCUT2D eigenvalue weighted by Crippen LogP contribution is -2.29. The predicted molar refractivity (Wildman–Crippen MR) is 62.5 cm³/mol. The topological polar surface area (TPSA) is 32.3 Å². The monoisotopic (exact) mass is 201 g/mol. The number of rotatable bonds is 10. The number of hydrogen-bond acceptors (Lipinski definition) is 2. The normalized spacial score (nSPS) is 13.1. The fourth-order valence-electron chi connectivity index (χ4n) is 1.50. The van der Waals surface area contributed by atoms with Gasteiger partial charge in [0.25, 0.3) is 0 Å². The number of aliphatic hydroxyl groups is 1. The second kappa shape index (κ2) is 11.0. The highest BCUT2D eigenvalue weighted by Crippen LogP contribution is 2.06. The van der Waals surface area contributed by atoms with Gasteiger partial charge in [0.15, 0.2) is 0 Å². The van der Waals surface area contributed by atoms with Gasteiger partial charge in [0.2, 0.25) is 0 Å². The summed E-state index contributed by atoms with van der Waals surface area (Å²) in [7, 11) is 0. The molecule has 1 atom stereocenters. The maximum Gasteiger partial charge on any atom is 0.0581 e. The number of nitrogens with one attached hydrogen (secondary N) is 1. The molecule has 0 aromatic carbocycles. The van der Waals surface area contributed by atoms with Crippen LogP contribution in [0.25, 0.3) is 0 Å². The molecule has 2 nitrogen and oxygen atoms in total. The smallest absolute Gasteiger partial charge is 0.0581 e. The van der Waals surface area contributed by atoms with Crippen LogP contribution in [0.3, 0.4) is 0 Å². The van der Waals surface area contributed by atoms with Gasteiger partial charge < -0.3 is 10.4 Å². The average molecular weight is 201 g/mol. The number of aliphatic hydroxyl groups excluding tert-OH is 1. The molecule has 0 saturated carbocycles. The molecular weight excluding hydrogens is 174 g/mol. The van der Waals surface area contributed by atoms with E-state index in [4.69, 9.17) is 5.11 Å². The van der Waals surface area contributed by atoms with E-state index in [9.17, 15) is 0 Å². The summed E-state index contributed by atoms with van der Waals surface area (Å²) in [6.07, 6.45) is 9.45. The van der Waals surface area contributed by atoms with Crippen LogP contribution in [0.15, 0.2) is 0 Å². The lowest BCUT2D eigenvalue weighted by atomic mass is 10.1. The van der Waals surface area contributed by atoms with Crippen molar-refractivity contribution >= 4 is 0 Å². The molecule has 14 heavy (non-hydrogen) atoms. The quantitative estimate of drug-likeness (QED) is 0.533. The van der Waals surface area contributed by atoms with E-state index in [2.05, 4.69) is 12.2 Å². The van der Waals surface area contributed by atoms with Crippen LogP contribution in [0.2, 0.25) is 0 Å². The zero-order valence-electron chi connectivity index (χ0n) is 9.89. The Morgan fingerprint density at radius 2 is 1.57 bits per heavy atom. The summed E-state index contributed by atoms with van der Waals surface area (Å²) in [5, 5.41) is 12.1. The van der Waals surface area contributed by atoms with Crippen molar-refractivity contribution in [3.05, 3.63) is 0 Å². The van der Waals surface area contributed by atoms with E-state index in [1.807, 2.05) is 6.92 Å². The molecule has 0 aromatic heterocycles. The Kier molecular flexibility index (Phi) is 10.9. The first-order chi connectivity index (χ1) is 6.81. The Morgan fingerprint density at radius 3 is 2.14 bits per heavy atom. The van der Waals surface area contributed by atoms with Gasteiger partial charge in [-0.15, -0.1) is 0 Å². The van der Waals surface area contributed by atoms with E-state index in [0.717, 1.165) is 6.54 Å². The number of hydrogen-bond donors (Lipinski definition) is 2.